The second-order valence-corrected chi connectivity index (χ2v) is 7.70. The Morgan fingerprint density at radius 2 is 2.00 bits per heavy atom. The molecule has 4 heterocycles. The van der Waals surface area contributed by atoms with Gasteiger partial charge in [-0.3, -0.25) is 4.90 Å². The molecule has 3 aliphatic rings. The summed E-state index contributed by atoms with van der Waals surface area (Å²) >= 11 is 0. The number of hydrogen-bond donors (Lipinski definition) is 1. The average Bonchev–Trinajstić information content (AvgIpc) is 3.31. The maximum atomic E-state index is 10.6. The molecule has 0 aliphatic carbocycles. The molecule has 30 heavy (non-hydrogen) atoms. The van der Waals surface area contributed by atoms with Crippen molar-refractivity contribution in [2.75, 3.05) is 39.5 Å². The van der Waals surface area contributed by atoms with Crippen molar-refractivity contribution in [2.45, 2.75) is 37.6 Å². The molecule has 4 rings (SSSR count). The van der Waals surface area contributed by atoms with E-state index in [4.69, 9.17) is 24.1 Å². The van der Waals surface area contributed by atoms with E-state index in [9.17, 15) is 13.2 Å². The lowest BCUT2D eigenvalue weighted by atomic mass is 9.91. The van der Waals surface area contributed by atoms with Crippen LogP contribution < -0.4 is 4.74 Å². The van der Waals surface area contributed by atoms with Crippen LogP contribution in [0.4, 0.5) is 13.2 Å². The van der Waals surface area contributed by atoms with E-state index in [0.29, 0.717) is 24.0 Å². The zero-order chi connectivity index (χ0) is 21.6. The molecule has 0 spiro atoms. The Morgan fingerprint density at radius 1 is 1.27 bits per heavy atom. The number of carboxylic acid groups (broad SMARTS) is 1. The number of aliphatic carboxylic acids is 1. The van der Waals surface area contributed by atoms with Gasteiger partial charge in [0.1, 0.15) is 0 Å². The largest absolute Gasteiger partial charge is 0.490 e. The highest BCUT2D eigenvalue weighted by Crippen LogP contribution is 2.37. The number of pyridine rings is 1. The normalized spacial score (nSPS) is 27.2. The number of nitrogens with zero attached hydrogens (tertiary/aromatic N) is 2. The highest BCUT2D eigenvalue weighted by atomic mass is 19.4. The van der Waals surface area contributed by atoms with Gasteiger partial charge < -0.3 is 19.3 Å². The van der Waals surface area contributed by atoms with Crippen LogP contribution in [0.15, 0.2) is 24.4 Å². The summed E-state index contributed by atoms with van der Waals surface area (Å²) in [6.45, 7) is 5.74. The van der Waals surface area contributed by atoms with E-state index in [1.807, 2.05) is 18.2 Å². The van der Waals surface area contributed by atoms with Gasteiger partial charge in [0, 0.05) is 50.5 Å². The third-order valence-electron chi connectivity index (χ3n) is 5.79. The lowest BCUT2D eigenvalue weighted by Crippen LogP contribution is -2.39. The van der Waals surface area contributed by atoms with Gasteiger partial charge in [-0.15, -0.1) is 0 Å². The summed E-state index contributed by atoms with van der Waals surface area (Å²) in [5.74, 6) is -0.746. The zero-order valence-electron chi connectivity index (χ0n) is 16.6. The van der Waals surface area contributed by atoms with Gasteiger partial charge in [0.2, 0.25) is 5.88 Å². The highest BCUT2D eigenvalue weighted by molar-refractivity contribution is 5.73. The minimum absolute atomic E-state index is 0.428. The standard InChI is InChI=1S/C18H26N2O3.C2HF3O2/c1-2-7-19-18(3-1)22-10-4-14-13-23-17-12-20(11-16(14)17)15-5-8-21-9-6-15;3-2(4,5)1(6)7/h1-3,7,14-17H,4-6,8-13H2;(H,6,7)/t14-,16-,17-;/m0./s1. The first kappa shape index (κ1) is 22.8. The molecule has 1 aromatic heterocycles. The van der Waals surface area contributed by atoms with Gasteiger partial charge in [-0.25, -0.2) is 9.78 Å². The van der Waals surface area contributed by atoms with E-state index in [0.717, 1.165) is 45.3 Å². The number of ether oxygens (including phenoxy) is 3. The number of carbonyl (C=O) groups is 1. The van der Waals surface area contributed by atoms with Crippen LogP contribution in [0.2, 0.25) is 0 Å². The lowest BCUT2D eigenvalue weighted by molar-refractivity contribution is -0.192. The van der Waals surface area contributed by atoms with Crippen molar-refractivity contribution >= 4 is 5.97 Å². The number of alkyl halides is 3. The van der Waals surface area contributed by atoms with Gasteiger partial charge in [-0.2, -0.15) is 13.2 Å². The van der Waals surface area contributed by atoms with Gasteiger partial charge in [0.15, 0.2) is 0 Å². The van der Waals surface area contributed by atoms with Crippen molar-refractivity contribution in [3.05, 3.63) is 24.4 Å². The monoisotopic (exact) mass is 432 g/mol. The number of hydrogen-bond acceptors (Lipinski definition) is 6. The highest BCUT2D eigenvalue weighted by Gasteiger charge is 2.45. The van der Waals surface area contributed by atoms with Crippen molar-refractivity contribution in [1.82, 2.24) is 9.88 Å². The van der Waals surface area contributed by atoms with Gasteiger partial charge in [0.25, 0.3) is 0 Å². The minimum atomic E-state index is -5.08. The van der Waals surface area contributed by atoms with Gasteiger partial charge in [-0.05, 0) is 31.2 Å². The number of likely N-dealkylation sites (tertiary alicyclic amines) is 1. The summed E-state index contributed by atoms with van der Waals surface area (Å²) < 4.78 is 49.1. The molecule has 168 valence electrons. The first-order valence-corrected chi connectivity index (χ1v) is 10.1. The molecular formula is C20H27F3N2O5. The summed E-state index contributed by atoms with van der Waals surface area (Å²) in [4.78, 5) is 15.7. The fourth-order valence-corrected chi connectivity index (χ4v) is 4.22. The van der Waals surface area contributed by atoms with Crippen molar-refractivity contribution in [1.29, 1.82) is 0 Å². The van der Waals surface area contributed by atoms with Crippen molar-refractivity contribution < 1.29 is 37.3 Å². The molecule has 0 unspecified atom stereocenters. The lowest BCUT2D eigenvalue weighted by Gasteiger charge is -2.31. The van der Waals surface area contributed by atoms with Crippen molar-refractivity contribution in [3.63, 3.8) is 0 Å². The number of halogens is 3. The number of rotatable bonds is 5. The fourth-order valence-electron chi connectivity index (χ4n) is 4.22. The molecule has 3 fully saturated rings. The fraction of sp³-hybridized carbons (Fsp3) is 0.700. The Kier molecular flexibility index (Phi) is 7.90. The quantitative estimate of drug-likeness (QED) is 0.766. The molecule has 7 nitrogen and oxygen atoms in total. The molecule has 10 heteroatoms. The topological polar surface area (TPSA) is 81.1 Å². The maximum Gasteiger partial charge on any atom is 0.490 e. The van der Waals surface area contributed by atoms with E-state index in [1.165, 1.54) is 19.4 Å². The third-order valence-corrected chi connectivity index (χ3v) is 5.79. The molecule has 0 bridgehead atoms. The minimum Gasteiger partial charge on any atom is -0.478 e. The van der Waals surface area contributed by atoms with Crippen LogP contribution in [0.1, 0.15) is 19.3 Å². The van der Waals surface area contributed by atoms with Crippen LogP contribution in [0.3, 0.4) is 0 Å². The molecule has 3 aliphatic heterocycles. The molecule has 0 amide bonds. The van der Waals surface area contributed by atoms with Crippen molar-refractivity contribution in [3.8, 4) is 5.88 Å². The van der Waals surface area contributed by atoms with Crippen LogP contribution >= 0.6 is 0 Å². The summed E-state index contributed by atoms with van der Waals surface area (Å²) in [7, 11) is 0. The Morgan fingerprint density at radius 3 is 2.63 bits per heavy atom. The number of fused-ring (bicyclic) bond motifs is 1. The maximum absolute atomic E-state index is 10.6. The molecule has 0 saturated carbocycles. The zero-order valence-corrected chi connectivity index (χ0v) is 16.6. The van der Waals surface area contributed by atoms with E-state index in [-0.39, 0.29) is 0 Å². The summed E-state index contributed by atoms with van der Waals surface area (Å²) in [6.07, 6.45) is 0.518. The molecule has 0 aromatic carbocycles. The predicted octanol–water partition coefficient (Wildman–Crippen LogP) is 2.61. The van der Waals surface area contributed by atoms with Crippen LogP contribution in [0.5, 0.6) is 5.88 Å². The Labute approximate surface area is 173 Å². The predicted molar refractivity (Wildman–Crippen MR) is 100 cm³/mol. The van der Waals surface area contributed by atoms with Gasteiger partial charge >= 0.3 is 12.1 Å². The molecular weight excluding hydrogens is 405 g/mol. The SMILES string of the molecule is O=C(O)C(F)(F)F.c1ccc(OCC[C@H]2CO[C@H]3CN(C4CCOCC4)C[C@@H]23)nc1. The molecule has 1 N–H and O–H groups in total. The van der Waals surface area contributed by atoms with E-state index in [1.54, 1.807) is 6.20 Å². The molecule has 1 aromatic rings. The second kappa shape index (κ2) is 10.4. The van der Waals surface area contributed by atoms with E-state index in [2.05, 4.69) is 9.88 Å². The molecule has 3 atom stereocenters. The summed E-state index contributed by atoms with van der Waals surface area (Å²) in [5.41, 5.74) is 0. The van der Waals surface area contributed by atoms with E-state index < -0.39 is 12.1 Å². The summed E-state index contributed by atoms with van der Waals surface area (Å²) in [6, 6.07) is 6.48. The average molecular weight is 432 g/mol. The first-order chi connectivity index (χ1) is 14.3. The van der Waals surface area contributed by atoms with Crippen LogP contribution in [-0.4, -0.2) is 78.8 Å². The first-order valence-electron chi connectivity index (χ1n) is 10.1. The summed E-state index contributed by atoms with van der Waals surface area (Å²) in [5, 5.41) is 7.12. The Hall–Kier alpha value is -1.91. The second-order valence-electron chi connectivity index (χ2n) is 7.70. The molecule has 0 radical (unpaired) electrons. The number of carboxylic acids is 1. The number of aromatic nitrogens is 1. The van der Waals surface area contributed by atoms with Gasteiger partial charge in [0.05, 0.1) is 19.3 Å². The smallest absolute Gasteiger partial charge is 0.478 e. The van der Waals surface area contributed by atoms with Crippen LogP contribution in [-0.2, 0) is 14.3 Å². The van der Waals surface area contributed by atoms with Crippen LogP contribution in [0.25, 0.3) is 0 Å². The van der Waals surface area contributed by atoms with Crippen LogP contribution in [0, 0.1) is 11.8 Å². The van der Waals surface area contributed by atoms with Crippen molar-refractivity contribution in [2.24, 2.45) is 11.8 Å². The van der Waals surface area contributed by atoms with Gasteiger partial charge in [-0.1, -0.05) is 6.07 Å². The van der Waals surface area contributed by atoms with E-state index >= 15 is 0 Å². The molecule has 3 saturated heterocycles. The Balaban J connectivity index is 0.000000318. The Bertz CT molecular complexity index is 670. The third kappa shape index (κ3) is 6.29.